The molecule has 0 aliphatic carbocycles. The zero-order valence-corrected chi connectivity index (χ0v) is 9.02. The minimum absolute atomic E-state index is 0.0779. The molecule has 0 radical (unpaired) electrons. The molecule has 88 valence electrons. The van der Waals surface area contributed by atoms with Gasteiger partial charge in [0.25, 0.3) is 0 Å². The maximum absolute atomic E-state index is 10.4. The van der Waals surface area contributed by atoms with Crippen LogP contribution in [0.1, 0.15) is 30.9 Å². The molecule has 1 N–H and O–H groups in total. The van der Waals surface area contributed by atoms with Gasteiger partial charge < -0.3 is 14.3 Å². The van der Waals surface area contributed by atoms with Gasteiger partial charge in [-0.2, -0.15) is 0 Å². The number of oxazole rings is 1. The first-order chi connectivity index (χ1) is 7.74. The molecular formula is C11H15NO4. The summed E-state index contributed by atoms with van der Waals surface area (Å²) in [5, 5.41) is 8.53. The number of aromatic nitrogens is 1. The minimum atomic E-state index is -0.822. The summed E-state index contributed by atoms with van der Waals surface area (Å²) < 4.78 is 10.9. The van der Waals surface area contributed by atoms with E-state index in [2.05, 4.69) is 4.98 Å². The van der Waals surface area contributed by atoms with Gasteiger partial charge in [0, 0.05) is 13.0 Å². The van der Waals surface area contributed by atoms with E-state index in [0.29, 0.717) is 24.5 Å². The van der Waals surface area contributed by atoms with Crippen LogP contribution in [0, 0.1) is 0 Å². The average molecular weight is 225 g/mol. The highest BCUT2D eigenvalue weighted by Gasteiger charge is 2.18. The topological polar surface area (TPSA) is 72.6 Å². The molecule has 0 saturated carbocycles. The van der Waals surface area contributed by atoms with Crippen LogP contribution in [0.4, 0.5) is 0 Å². The Hall–Kier alpha value is -1.36. The lowest BCUT2D eigenvalue weighted by atomic mass is 10.2. The standard InChI is InChI=1S/C11H15NO4/c13-11(14)4-3-9-7-12-10(16-9)6-8-2-1-5-15-8/h7-8H,1-6H2,(H,13,14). The Balaban J connectivity index is 1.84. The van der Waals surface area contributed by atoms with Gasteiger partial charge in [-0.3, -0.25) is 4.79 Å². The van der Waals surface area contributed by atoms with Gasteiger partial charge >= 0.3 is 5.97 Å². The Morgan fingerprint density at radius 2 is 2.50 bits per heavy atom. The minimum Gasteiger partial charge on any atom is -0.481 e. The average Bonchev–Trinajstić information content (AvgIpc) is 2.87. The normalized spacial score (nSPS) is 20.1. The summed E-state index contributed by atoms with van der Waals surface area (Å²) in [6.45, 7) is 0.817. The van der Waals surface area contributed by atoms with Crippen molar-refractivity contribution in [2.24, 2.45) is 0 Å². The number of carbonyl (C=O) groups is 1. The summed E-state index contributed by atoms with van der Waals surface area (Å²) in [5.74, 6) is 0.458. The first-order valence-electron chi connectivity index (χ1n) is 5.51. The van der Waals surface area contributed by atoms with E-state index in [1.165, 1.54) is 0 Å². The van der Waals surface area contributed by atoms with Crippen molar-refractivity contribution in [3.05, 3.63) is 17.8 Å². The summed E-state index contributed by atoms with van der Waals surface area (Å²) in [4.78, 5) is 14.5. The highest BCUT2D eigenvalue weighted by molar-refractivity contribution is 5.66. The van der Waals surface area contributed by atoms with E-state index in [1.54, 1.807) is 6.20 Å². The fourth-order valence-corrected chi connectivity index (χ4v) is 1.79. The van der Waals surface area contributed by atoms with Crippen LogP contribution in [0.15, 0.2) is 10.6 Å². The van der Waals surface area contributed by atoms with E-state index in [1.807, 2.05) is 0 Å². The van der Waals surface area contributed by atoms with E-state index >= 15 is 0 Å². The molecule has 1 aromatic heterocycles. The number of carboxylic acids is 1. The predicted molar refractivity (Wildman–Crippen MR) is 55.1 cm³/mol. The molecule has 1 atom stereocenters. The zero-order valence-electron chi connectivity index (χ0n) is 9.02. The molecule has 5 nitrogen and oxygen atoms in total. The first kappa shape index (κ1) is 11.1. The molecular weight excluding hydrogens is 210 g/mol. The Bertz CT molecular complexity index is 355. The Morgan fingerprint density at radius 1 is 1.62 bits per heavy atom. The smallest absolute Gasteiger partial charge is 0.303 e. The summed E-state index contributed by atoms with van der Waals surface area (Å²) in [6.07, 6.45) is 5.12. The van der Waals surface area contributed by atoms with Crippen LogP contribution in [-0.4, -0.2) is 28.8 Å². The summed E-state index contributed by atoms with van der Waals surface area (Å²) in [5.41, 5.74) is 0. The third-order valence-corrected chi connectivity index (χ3v) is 2.61. The molecule has 1 aliphatic rings. The Morgan fingerprint density at radius 3 is 3.19 bits per heavy atom. The molecule has 1 saturated heterocycles. The predicted octanol–water partition coefficient (Wildman–Crippen LogP) is 1.41. The van der Waals surface area contributed by atoms with Gasteiger partial charge in [-0.25, -0.2) is 4.98 Å². The van der Waals surface area contributed by atoms with Crippen molar-refractivity contribution in [1.82, 2.24) is 4.98 Å². The van der Waals surface area contributed by atoms with Crippen molar-refractivity contribution < 1.29 is 19.1 Å². The lowest BCUT2D eigenvalue weighted by Crippen LogP contribution is -2.08. The van der Waals surface area contributed by atoms with Gasteiger partial charge in [0.1, 0.15) is 5.76 Å². The molecule has 1 fully saturated rings. The molecule has 0 bridgehead atoms. The quantitative estimate of drug-likeness (QED) is 0.820. The maximum Gasteiger partial charge on any atom is 0.303 e. The summed E-state index contributed by atoms with van der Waals surface area (Å²) in [7, 11) is 0. The zero-order chi connectivity index (χ0) is 11.4. The lowest BCUT2D eigenvalue weighted by Gasteiger charge is -2.04. The van der Waals surface area contributed by atoms with Crippen LogP contribution < -0.4 is 0 Å². The molecule has 0 amide bonds. The van der Waals surface area contributed by atoms with Crippen LogP contribution in [-0.2, 0) is 22.4 Å². The highest BCUT2D eigenvalue weighted by atomic mass is 16.5. The summed E-state index contributed by atoms with van der Waals surface area (Å²) in [6, 6.07) is 0. The monoisotopic (exact) mass is 225 g/mol. The molecule has 1 aliphatic heterocycles. The number of aliphatic carboxylic acids is 1. The van der Waals surface area contributed by atoms with E-state index < -0.39 is 5.97 Å². The second-order valence-corrected chi connectivity index (χ2v) is 3.95. The van der Waals surface area contributed by atoms with Crippen LogP contribution in [0.3, 0.4) is 0 Å². The lowest BCUT2D eigenvalue weighted by molar-refractivity contribution is -0.137. The second-order valence-electron chi connectivity index (χ2n) is 3.95. The third-order valence-electron chi connectivity index (χ3n) is 2.61. The van der Waals surface area contributed by atoms with Gasteiger partial charge in [-0.15, -0.1) is 0 Å². The highest BCUT2D eigenvalue weighted by Crippen LogP contribution is 2.17. The fraction of sp³-hybridized carbons (Fsp3) is 0.636. The van der Waals surface area contributed by atoms with Crippen molar-refractivity contribution in [2.45, 2.75) is 38.2 Å². The number of aryl methyl sites for hydroxylation is 1. The van der Waals surface area contributed by atoms with E-state index in [4.69, 9.17) is 14.3 Å². The van der Waals surface area contributed by atoms with Gasteiger partial charge in [0.15, 0.2) is 5.89 Å². The molecule has 1 aromatic rings. The second kappa shape index (κ2) is 5.12. The van der Waals surface area contributed by atoms with Gasteiger partial charge in [-0.05, 0) is 12.8 Å². The van der Waals surface area contributed by atoms with Crippen LogP contribution >= 0.6 is 0 Å². The van der Waals surface area contributed by atoms with Gasteiger partial charge in [-0.1, -0.05) is 0 Å². The Kier molecular flexibility index (Phi) is 3.56. The SMILES string of the molecule is O=C(O)CCc1cnc(CC2CCCO2)o1. The largest absolute Gasteiger partial charge is 0.481 e. The molecule has 0 spiro atoms. The van der Waals surface area contributed by atoms with E-state index in [0.717, 1.165) is 19.4 Å². The number of ether oxygens (including phenoxy) is 1. The van der Waals surface area contributed by atoms with Crippen LogP contribution in [0.5, 0.6) is 0 Å². The fourth-order valence-electron chi connectivity index (χ4n) is 1.79. The Labute approximate surface area is 93.4 Å². The maximum atomic E-state index is 10.4. The number of rotatable bonds is 5. The molecule has 0 aromatic carbocycles. The molecule has 16 heavy (non-hydrogen) atoms. The number of hydrogen-bond donors (Lipinski definition) is 1. The molecule has 5 heteroatoms. The number of hydrogen-bond acceptors (Lipinski definition) is 4. The van der Waals surface area contributed by atoms with Gasteiger partial charge in [0.05, 0.1) is 25.1 Å². The number of carboxylic acid groups (broad SMARTS) is 1. The first-order valence-corrected chi connectivity index (χ1v) is 5.51. The van der Waals surface area contributed by atoms with Crippen molar-refractivity contribution in [3.63, 3.8) is 0 Å². The third kappa shape index (κ3) is 3.06. The molecule has 1 unspecified atom stereocenters. The van der Waals surface area contributed by atoms with E-state index in [9.17, 15) is 4.79 Å². The number of nitrogens with zero attached hydrogens (tertiary/aromatic N) is 1. The summed E-state index contributed by atoms with van der Waals surface area (Å²) >= 11 is 0. The van der Waals surface area contributed by atoms with Gasteiger partial charge in [0.2, 0.25) is 0 Å². The van der Waals surface area contributed by atoms with Crippen LogP contribution in [0.2, 0.25) is 0 Å². The van der Waals surface area contributed by atoms with E-state index in [-0.39, 0.29) is 12.5 Å². The van der Waals surface area contributed by atoms with Crippen LogP contribution in [0.25, 0.3) is 0 Å². The van der Waals surface area contributed by atoms with Crippen molar-refractivity contribution in [3.8, 4) is 0 Å². The van der Waals surface area contributed by atoms with Crippen molar-refractivity contribution >= 4 is 5.97 Å². The van der Waals surface area contributed by atoms with Crippen molar-refractivity contribution in [1.29, 1.82) is 0 Å². The molecule has 2 heterocycles. The molecule has 2 rings (SSSR count). The van der Waals surface area contributed by atoms with Crippen molar-refractivity contribution in [2.75, 3.05) is 6.61 Å².